The molecule has 0 aromatic carbocycles. The van der Waals surface area contributed by atoms with Gasteiger partial charge in [0, 0.05) is 38.1 Å². The second kappa shape index (κ2) is 7.25. The Morgan fingerprint density at radius 3 is 2.76 bits per heavy atom. The Bertz CT molecular complexity index is 752. The summed E-state index contributed by atoms with van der Waals surface area (Å²) in [5.41, 5.74) is 2.88. The van der Waals surface area contributed by atoms with Gasteiger partial charge in [0.2, 0.25) is 0 Å². The van der Waals surface area contributed by atoms with E-state index in [9.17, 15) is 4.79 Å². The van der Waals surface area contributed by atoms with Crippen LogP contribution in [0, 0.1) is 13.8 Å². The van der Waals surface area contributed by atoms with Crippen LogP contribution in [0.4, 0.5) is 5.82 Å². The zero-order valence-corrected chi connectivity index (χ0v) is 15.6. The van der Waals surface area contributed by atoms with Crippen LogP contribution >= 0.6 is 0 Å². The Balaban J connectivity index is 1.81. The molecule has 0 radical (unpaired) electrons. The first-order valence-corrected chi connectivity index (χ1v) is 8.91. The highest BCUT2D eigenvalue weighted by Crippen LogP contribution is 2.22. The van der Waals surface area contributed by atoms with Crippen molar-refractivity contribution >= 4 is 11.7 Å². The fourth-order valence-corrected chi connectivity index (χ4v) is 3.48. The predicted octanol–water partition coefficient (Wildman–Crippen LogP) is 2.66. The van der Waals surface area contributed by atoms with Crippen LogP contribution in [-0.2, 0) is 6.54 Å². The lowest BCUT2D eigenvalue weighted by atomic mass is 10.0. The van der Waals surface area contributed by atoms with Crippen molar-refractivity contribution in [3.05, 3.63) is 41.3 Å². The summed E-state index contributed by atoms with van der Waals surface area (Å²) in [5, 5.41) is 4.57. The molecule has 1 aliphatic heterocycles. The zero-order chi connectivity index (χ0) is 18.0. The van der Waals surface area contributed by atoms with Crippen LogP contribution in [0.3, 0.4) is 0 Å². The zero-order valence-electron chi connectivity index (χ0n) is 15.6. The van der Waals surface area contributed by atoms with Crippen LogP contribution in [0.25, 0.3) is 0 Å². The van der Waals surface area contributed by atoms with E-state index < -0.39 is 0 Å². The van der Waals surface area contributed by atoms with Crippen LogP contribution in [0.2, 0.25) is 0 Å². The third kappa shape index (κ3) is 3.83. The van der Waals surface area contributed by atoms with Gasteiger partial charge in [-0.2, -0.15) is 5.10 Å². The first kappa shape index (κ1) is 17.5. The summed E-state index contributed by atoms with van der Waals surface area (Å²) in [6.45, 7) is 5.65. The second-order valence-corrected chi connectivity index (χ2v) is 7.05. The number of piperidine rings is 1. The molecule has 0 bridgehead atoms. The smallest absolute Gasteiger partial charge is 0.254 e. The maximum Gasteiger partial charge on any atom is 0.254 e. The number of anilines is 1. The van der Waals surface area contributed by atoms with Crippen molar-refractivity contribution in [1.29, 1.82) is 0 Å². The molecule has 1 saturated heterocycles. The minimum absolute atomic E-state index is 0.0942. The van der Waals surface area contributed by atoms with Crippen molar-refractivity contribution in [2.45, 2.75) is 45.7 Å². The molecule has 1 aliphatic rings. The average molecular weight is 341 g/mol. The largest absolute Gasteiger partial charge is 0.363 e. The Kier molecular flexibility index (Phi) is 5.06. The summed E-state index contributed by atoms with van der Waals surface area (Å²) in [7, 11) is 3.87. The Morgan fingerprint density at radius 1 is 1.28 bits per heavy atom. The van der Waals surface area contributed by atoms with E-state index in [2.05, 4.69) is 23.1 Å². The number of likely N-dealkylation sites (tertiary alicyclic amines) is 1. The van der Waals surface area contributed by atoms with Crippen molar-refractivity contribution in [3.8, 4) is 0 Å². The van der Waals surface area contributed by atoms with Crippen molar-refractivity contribution in [3.63, 3.8) is 0 Å². The normalized spacial score (nSPS) is 17.6. The van der Waals surface area contributed by atoms with Crippen molar-refractivity contribution in [2.24, 2.45) is 0 Å². The van der Waals surface area contributed by atoms with Gasteiger partial charge in [0.1, 0.15) is 5.82 Å². The van der Waals surface area contributed by atoms with E-state index in [0.29, 0.717) is 5.56 Å². The summed E-state index contributed by atoms with van der Waals surface area (Å²) < 4.78 is 2.03. The standard InChI is InChI=1S/C19H27N5O/c1-14-11-15(2)24(21-14)13-17-7-5-6-10-23(17)19(25)16-8-9-20-18(12-16)22(3)4/h8-9,11-12,17H,5-7,10,13H2,1-4H3/t17-/m1/s1. The van der Waals surface area contributed by atoms with Gasteiger partial charge in [-0.05, 0) is 51.3 Å². The molecule has 1 atom stereocenters. The molecule has 2 aromatic heterocycles. The van der Waals surface area contributed by atoms with Gasteiger partial charge in [-0.25, -0.2) is 4.98 Å². The molecule has 6 nitrogen and oxygen atoms in total. The topological polar surface area (TPSA) is 54.3 Å². The summed E-state index contributed by atoms with van der Waals surface area (Å²) in [6, 6.07) is 5.96. The molecule has 0 N–H and O–H groups in total. The third-order valence-electron chi connectivity index (χ3n) is 4.83. The van der Waals surface area contributed by atoms with Crippen LogP contribution in [0.5, 0.6) is 0 Å². The summed E-state index contributed by atoms with van der Waals surface area (Å²) in [6.07, 6.45) is 4.95. The predicted molar refractivity (Wildman–Crippen MR) is 98.9 cm³/mol. The molecule has 6 heteroatoms. The monoisotopic (exact) mass is 341 g/mol. The van der Waals surface area contributed by atoms with E-state index in [0.717, 1.165) is 49.6 Å². The van der Waals surface area contributed by atoms with Gasteiger partial charge < -0.3 is 9.80 Å². The number of aryl methyl sites for hydroxylation is 2. The molecule has 2 aromatic rings. The fraction of sp³-hybridized carbons (Fsp3) is 0.526. The number of rotatable bonds is 4. The molecule has 0 unspecified atom stereocenters. The van der Waals surface area contributed by atoms with Gasteiger partial charge in [-0.15, -0.1) is 0 Å². The fourth-order valence-electron chi connectivity index (χ4n) is 3.48. The number of aromatic nitrogens is 3. The lowest BCUT2D eigenvalue weighted by Gasteiger charge is -2.36. The van der Waals surface area contributed by atoms with Crippen LogP contribution in [0.15, 0.2) is 24.4 Å². The van der Waals surface area contributed by atoms with E-state index in [1.165, 1.54) is 0 Å². The second-order valence-electron chi connectivity index (χ2n) is 7.05. The minimum Gasteiger partial charge on any atom is -0.363 e. The average Bonchev–Trinajstić information content (AvgIpc) is 2.92. The first-order chi connectivity index (χ1) is 12.0. The maximum atomic E-state index is 13.1. The van der Waals surface area contributed by atoms with Gasteiger partial charge in [-0.1, -0.05) is 0 Å². The number of pyridine rings is 1. The lowest BCUT2D eigenvalue weighted by molar-refractivity contribution is 0.0582. The molecule has 1 amide bonds. The maximum absolute atomic E-state index is 13.1. The molecule has 0 spiro atoms. The summed E-state index contributed by atoms with van der Waals surface area (Å²) >= 11 is 0. The van der Waals surface area contributed by atoms with Crippen molar-refractivity contribution < 1.29 is 4.79 Å². The van der Waals surface area contributed by atoms with Crippen molar-refractivity contribution in [1.82, 2.24) is 19.7 Å². The molecule has 0 saturated carbocycles. The number of nitrogens with zero attached hydrogens (tertiary/aromatic N) is 5. The molecule has 3 rings (SSSR count). The quantitative estimate of drug-likeness (QED) is 0.858. The van der Waals surface area contributed by atoms with Gasteiger partial charge in [-0.3, -0.25) is 9.48 Å². The van der Waals surface area contributed by atoms with Gasteiger partial charge >= 0.3 is 0 Å². The number of hydrogen-bond donors (Lipinski definition) is 0. The van der Waals surface area contributed by atoms with E-state index >= 15 is 0 Å². The molecule has 25 heavy (non-hydrogen) atoms. The SMILES string of the molecule is Cc1cc(C)n(C[C@H]2CCCCN2C(=O)c2ccnc(N(C)C)c2)n1. The van der Waals surface area contributed by atoms with Crippen LogP contribution in [-0.4, -0.2) is 52.3 Å². The molecule has 0 aliphatic carbocycles. The molecular weight excluding hydrogens is 314 g/mol. The van der Waals surface area contributed by atoms with E-state index in [1.54, 1.807) is 6.20 Å². The lowest BCUT2D eigenvalue weighted by Crippen LogP contribution is -2.46. The molecule has 134 valence electrons. The van der Waals surface area contributed by atoms with Crippen molar-refractivity contribution in [2.75, 3.05) is 25.5 Å². The Labute approximate surface area is 149 Å². The van der Waals surface area contributed by atoms with Crippen LogP contribution < -0.4 is 4.90 Å². The molecular formula is C19H27N5O. The van der Waals surface area contributed by atoms with E-state index in [1.807, 2.05) is 47.6 Å². The van der Waals surface area contributed by atoms with Gasteiger partial charge in [0.05, 0.1) is 18.3 Å². The van der Waals surface area contributed by atoms with E-state index in [4.69, 9.17) is 0 Å². The van der Waals surface area contributed by atoms with E-state index in [-0.39, 0.29) is 11.9 Å². The number of carbonyl (C=O) groups is 1. The Morgan fingerprint density at radius 2 is 2.08 bits per heavy atom. The number of carbonyl (C=O) groups excluding carboxylic acids is 1. The first-order valence-electron chi connectivity index (χ1n) is 8.91. The third-order valence-corrected chi connectivity index (χ3v) is 4.83. The highest BCUT2D eigenvalue weighted by molar-refractivity contribution is 5.95. The van der Waals surface area contributed by atoms with Gasteiger partial charge in [0.15, 0.2) is 0 Å². The summed E-state index contributed by atoms with van der Waals surface area (Å²) in [5.74, 6) is 0.898. The highest BCUT2D eigenvalue weighted by atomic mass is 16.2. The summed E-state index contributed by atoms with van der Waals surface area (Å²) in [4.78, 5) is 21.4. The molecule has 1 fully saturated rings. The molecule has 3 heterocycles. The van der Waals surface area contributed by atoms with Gasteiger partial charge in [0.25, 0.3) is 5.91 Å². The minimum atomic E-state index is 0.0942. The Hall–Kier alpha value is -2.37. The van der Waals surface area contributed by atoms with Crippen LogP contribution in [0.1, 0.15) is 41.0 Å². The number of hydrogen-bond acceptors (Lipinski definition) is 4. The highest BCUT2D eigenvalue weighted by Gasteiger charge is 2.28. The number of amides is 1.